The monoisotopic (exact) mass is 424 g/mol. The van der Waals surface area contributed by atoms with Gasteiger partial charge in [0.25, 0.3) is 5.91 Å². The van der Waals surface area contributed by atoms with Gasteiger partial charge in [0.2, 0.25) is 0 Å². The molecule has 146 valence electrons. The predicted octanol–water partition coefficient (Wildman–Crippen LogP) is 5.16. The van der Waals surface area contributed by atoms with Crippen LogP contribution in [0.25, 0.3) is 5.69 Å². The fourth-order valence-electron chi connectivity index (χ4n) is 3.14. The van der Waals surface area contributed by atoms with Crippen LogP contribution in [0, 0.1) is 25.2 Å². The molecule has 0 aliphatic heterocycles. The Hall–Kier alpha value is -3.07. The minimum Gasteiger partial charge on any atom is -0.318 e. The molecule has 0 saturated carbocycles. The van der Waals surface area contributed by atoms with Gasteiger partial charge in [0.15, 0.2) is 5.92 Å². The fourth-order valence-corrected chi connectivity index (χ4v) is 3.66. The molecule has 0 unspecified atom stereocenters. The topological polar surface area (TPSA) is 70.2 Å². The van der Waals surface area contributed by atoms with E-state index in [4.69, 9.17) is 23.2 Å². The first-order chi connectivity index (χ1) is 13.9. The Kier molecular flexibility index (Phi) is 6.38. The lowest BCUT2D eigenvalue weighted by Gasteiger charge is -2.10. The molecule has 0 spiro atoms. The molecule has 0 fully saturated rings. The first kappa shape index (κ1) is 20.7. The minimum atomic E-state index is -0.922. The third-order valence-electron chi connectivity index (χ3n) is 4.48. The summed E-state index contributed by atoms with van der Waals surface area (Å²) in [5.41, 5.74) is 6.62. The smallest absolute Gasteiger partial charge is 0.261 e. The molecule has 0 aliphatic carbocycles. The summed E-state index contributed by atoms with van der Waals surface area (Å²) in [5, 5.41) is 14.5. The van der Waals surface area contributed by atoms with Crippen LogP contribution in [0.15, 0.2) is 59.7 Å². The van der Waals surface area contributed by atoms with Gasteiger partial charge in [-0.1, -0.05) is 53.5 Å². The van der Waals surface area contributed by atoms with E-state index in [0.717, 1.165) is 22.6 Å². The van der Waals surface area contributed by atoms with Crippen molar-refractivity contribution in [1.82, 2.24) is 9.99 Å². The standard InChI is InChI=1S/C22H18Cl2N4O/c1-14-8-17(15(2)28(14)20-10-18(23)9-19(24)11-20)13-26-27-22(29)21(12-25)16-6-4-3-5-7-16/h3-11,13,21H,1-2H3,(H,27,29)/b26-13-/t21-/m1/s1. The van der Waals surface area contributed by atoms with Crippen molar-refractivity contribution in [2.75, 3.05) is 0 Å². The second-order valence-electron chi connectivity index (χ2n) is 6.50. The molecule has 1 atom stereocenters. The number of nitrogens with one attached hydrogen (secondary N) is 1. The first-order valence-corrected chi connectivity index (χ1v) is 9.59. The highest BCUT2D eigenvalue weighted by Crippen LogP contribution is 2.26. The number of hydrazone groups is 1. The van der Waals surface area contributed by atoms with E-state index in [-0.39, 0.29) is 0 Å². The normalized spacial score (nSPS) is 12.0. The van der Waals surface area contributed by atoms with Crippen molar-refractivity contribution < 1.29 is 4.79 Å². The van der Waals surface area contributed by atoms with E-state index in [1.165, 1.54) is 0 Å². The van der Waals surface area contributed by atoms with Gasteiger partial charge in [0.05, 0.1) is 12.3 Å². The molecular formula is C22H18Cl2N4O. The molecule has 0 bridgehead atoms. The largest absolute Gasteiger partial charge is 0.318 e. The first-order valence-electron chi connectivity index (χ1n) is 8.83. The summed E-state index contributed by atoms with van der Waals surface area (Å²) in [4.78, 5) is 12.3. The lowest BCUT2D eigenvalue weighted by molar-refractivity contribution is -0.121. The van der Waals surface area contributed by atoms with Gasteiger partial charge < -0.3 is 4.57 Å². The second-order valence-corrected chi connectivity index (χ2v) is 7.37. The number of aryl methyl sites for hydroxylation is 1. The summed E-state index contributed by atoms with van der Waals surface area (Å²) in [6, 6.07) is 18.2. The van der Waals surface area contributed by atoms with E-state index in [2.05, 4.69) is 10.5 Å². The van der Waals surface area contributed by atoms with E-state index < -0.39 is 11.8 Å². The number of aromatic nitrogens is 1. The van der Waals surface area contributed by atoms with Gasteiger partial charge in [-0.15, -0.1) is 0 Å². The number of rotatable bonds is 5. The average Bonchev–Trinajstić information content (AvgIpc) is 2.96. The number of benzene rings is 2. The molecule has 3 rings (SSSR count). The van der Waals surface area contributed by atoms with Gasteiger partial charge in [0.1, 0.15) is 0 Å². The van der Waals surface area contributed by atoms with Gasteiger partial charge in [-0.05, 0) is 43.7 Å². The Morgan fingerprint density at radius 2 is 1.79 bits per heavy atom. The highest BCUT2D eigenvalue weighted by molar-refractivity contribution is 6.34. The molecule has 0 radical (unpaired) electrons. The number of nitriles is 1. The summed E-state index contributed by atoms with van der Waals surface area (Å²) in [5.74, 6) is -1.40. The zero-order valence-electron chi connectivity index (χ0n) is 15.9. The lowest BCUT2D eigenvalue weighted by Crippen LogP contribution is -2.24. The maximum absolute atomic E-state index is 12.3. The molecule has 0 aliphatic rings. The Bertz CT molecular complexity index is 1090. The van der Waals surface area contributed by atoms with Crippen LogP contribution < -0.4 is 5.43 Å². The van der Waals surface area contributed by atoms with Crippen LogP contribution in [0.3, 0.4) is 0 Å². The van der Waals surface area contributed by atoms with Gasteiger partial charge in [-0.25, -0.2) is 5.43 Å². The maximum Gasteiger partial charge on any atom is 0.261 e. The quantitative estimate of drug-likeness (QED) is 0.453. The van der Waals surface area contributed by atoms with Crippen LogP contribution in [0.1, 0.15) is 28.4 Å². The SMILES string of the molecule is Cc1cc(/C=N\NC(=O)[C@H](C#N)c2ccccc2)c(C)n1-c1cc(Cl)cc(Cl)c1. The fraction of sp³-hybridized carbons (Fsp3) is 0.136. The number of carbonyl (C=O) groups is 1. The number of hydrogen-bond donors (Lipinski definition) is 1. The van der Waals surface area contributed by atoms with Crippen LogP contribution >= 0.6 is 23.2 Å². The zero-order chi connectivity index (χ0) is 21.0. The molecule has 2 aromatic carbocycles. The van der Waals surface area contributed by atoms with Crippen LogP contribution in [0.2, 0.25) is 10.0 Å². The van der Waals surface area contributed by atoms with Crippen molar-refractivity contribution in [3.63, 3.8) is 0 Å². The van der Waals surface area contributed by atoms with Crippen molar-refractivity contribution in [3.8, 4) is 11.8 Å². The molecule has 1 heterocycles. The van der Waals surface area contributed by atoms with E-state index in [0.29, 0.717) is 15.6 Å². The highest BCUT2D eigenvalue weighted by Gasteiger charge is 2.19. The summed E-state index contributed by atoms with van der Waals surface area (Å²) in [7, 11) is 0. The molecule has 29 heavy (non-hydrogen) atoms. The number of hydrogen-bond acceptors (Lipinski definition) is 3. The summed E-state index contributed by atoms with van der Waals surface area (Å²) < 4.78 is 2.00. The Morgan fingerprint density at radius 1 is 1.14 bits per heavy atom. The Morgan fingerprint density at radius 3 is 2.41 bits per heavy atom. The molecule has 5 nitrogen and oxygen atoms in total. The van der Waals surface area contributed by atoms with Gasteiger partial charge in [0, 0.05) is 32.7 Å². The number of halogens is 2. The van der Waals surface area contributed by atoms with E-state index in [1.54, 1.807) is 36.5 Å². The summed E-state index contributed by atoms with van der Waals surface area (Å²) >= 11 is 12.3. The molecule has 1 N–H and O–H groups in total. The van der Waals surface area contributed by atoms with Crippen molar-refractivity contribution in [2.45, 2.75) is 19.8 Å². The van der Waals surface area contributed by atoms with Crippen molar-refractivity contribution in [1.29, 1.82) is 5.26 Å². The zero-order valence-corrected chi connectivity index (χ0v) is 17.4. The van der Waals surface area contributed by atoms with Gasteiger partial charge in [-0.2, -0.15) is 10.4 Å². The van der Waals surface area contributed by atoms with E-state index >= 15 is 0 Å². The molecule has 1 amide bonds. The number of amides is 1. The Labute approximate surface area is 179 Å². The lowest BCUT2D eigenvalue weighted by atomic mass is 10.0. The second kappa shape index (κ2) is 8.95. The van der Waals surface area contributed by atoms with Crippen LogP contribution in [-0.4, -0.2) is 16.7 Å². The van der Waals surface area contributed by atoms with Crippen molar-refractivity contribution in [2.24, 2.45) is 5.10 Å². The van der Waals surface area contributed by atoms with Crippen molar-refractivity contribution >= 4 is 35.3 Å². The van der Waals surface area contributed by atoms with E-state index in [9.17, 15) is 10.1 Å². The van der Waals surface area contributed by atoms with E-state index in [1.807, 2.05) is 48.7 Å². The highest BCUT2D eigenvalue weighted by atomic mass is 35.5. The van der Waals surface area contributed by atoms with Crippen LogP contribution in [0.4, 0.5) is 0 Å². The number of nitrogens with zero attached hydrogens (tertiary/aromatic N) is 3. The maximum atomic E-state index is 12.3. The van der Waals surface area contributed by atoms with Crippen molar-refractivity contribution in [3.05, 3.63) is 87.2 Å². The van der Waals surface area contributed by atoms with Crippen LogP contribution in [-0.2, 0) is 4.79 Å². The third-order valence-corrected chi connectivity index (χ3v) is 4.91. The molecule has 3 aromatic rings. The molecule has 1 aromatic heterocycles. The summed E-state index contributed by atoms with van der Waals surface area (Å²) in [6.07, 6.45) is 1.56. The molecule has 7 heteroatoms. The third kappa shape index (κ3) is 4.68. The number of carbonyl (C=O) groups excluding carboxylic acids is 1. The van der Waals surface area contributed by atoms with Gasteiger partial charge in [-0.3, -0.25) is 4.79 Å². The van der Waals surface area contributed by atoms with Crippen LogP contribution in [0.5, 0.6) is 0 Å². The molecule has 0 saturated heterocycles. The van der Waals surface area contributed by atoms with Gasteiger partial charge >= 0.3 is 0 Å². The summed E-state index contributed by atoms with van der Waals surface area (Å²) in [6.45, 7) is 3.89. The average molecular weight is 425 g/mol. The Balaban J connectivity index is 1.80. The predicted molar refractivity (Wildman–Crippen MR) is 116 cm³/mol. The minimum absolute atomic E-state index is 0.481. The molecular weight excluding hydrogens is 407 g/mol.